The van der Waals surface area contributed by atoms with Crippen molar-refractivity contribution >= 4 is 27.5 Å². The van der Waals surface area contributed by atoms with E-state index >= 15 is 0 Å². The second kappa shape index (κ2) is 8.24. The third-order valence-corrected chi connectivity index (χ3v) is 5.23. The van der Waals surface area contributed by atoms with Crippen LogP contribution >= 0.6 is 11.3 Å². The summed E-state index contributed by atoms with van der Waals surface area (Å²) in [5, 5.41) is 4.28. The lowest BCUT2D eigenvalue weighted by molar-refractivity contribution is -0.137. The molecule has 1 aromatic carbocycles. The Balaban J connectivity index is 2.14. The molecule has 1 amide bonds. The van der Waals surface area contributed by atoms with Crippen molar-refractivity contribution in [1.29, 1.82) is 0 Å². The second-order valence-electron chi connectivity index (χ2n) is 6.40. The number of benzene rings is 1. The smallest absolute Gasteiger partial charge is 0.355 e. The molecule has 6 nitrogen and oxygen atoms in total. The number of hydrogen-bond donors (Lipinski definition) is 1. The summed E-state index contributed by atoms with van der Waals surface area (Å²) in [5.41, 5.74) is -2.49. The second-order valence-corrected chi connectivity index (χ2v) is 7.31. The van der Waals surface area contributed by atoms with Gasteiger partial charge in [-0.05, 0) is 36.1 Å². The van der Waals surface area contributed by atoms with Gasteiger partial charge in [0, 0.05) is 6.54 Å². The Hall–Kier alpha value is -2.88. The maximum Gasteiger partial charge on any atom is 0.416 e. The number of rotatable bonds is 6. The van der Waals surface area contributed by atoms with Crippen LogP contribution in [0.15, 0.2) is 45.3 Å². The van der Waals surface area contributed by atoms with Gasteiger partial charge in [0.15, 0.2) is 0 Å². The average Bonchev–Trinajstić information content (AvgIpc) is 3.15. The number of alkyl halides is 3. The number of nitrogens with one attached hydrogen (secondary N) is 1. The zero-order chi connectivity index (χ0) is 21.2. The Labute approximate surface area is 167 Å². The molecule has 0 aliphatic rings. The van der Waals surface area contributed by atoms with E-state index in [9.17, 15) is 27.6 Å². The van der Waals surface area contributed by atoms with E-state index in [1.165, 1.54) is 6.07 Å². The number of halogens is 3. The van der Waals surface area contributed by atoms with Crippen LogP contribution in [-0.2, 0) is 17.5 Å². The minimum Gasteiger partial charge on any atom is -0.355 e. The van der Waals surface area contributed by atoms with Gasteiger partial charge in [0.2, 0.25) is 5.91 Å². The largest absolute Gasteiger partial charge is 0.416 e. The van der Waals surface area contributed by atoms with Crippen molar-refractivity contribution in [1.82, 2.24) is 14.5 Å². The molecule has 0 saturated carbocycles. The maximum absolute atomic E-state index is 13.1. The van der Waals surface area contributed by atoms with Crippen molar-refractivity contribution in [2.45, 2.75) is 32.5 Å². The van der Waals surface area contributed by atoms with E-state index in [1.54, 1.807) is 11.4 Å². The predicted molar refractivity (Wildman–Crippen MR) is 105 cm³/mol. The molecule has 0 bridgehead atoms. The molecule has 2 heterocycles. The molecule has 0 aliphatic carbocycles. The summed E-state index contributed by atoms with van der Waals surface area (Å²) in [6, 6.07) is 5.53. The quantitative estimate of drug-likeness (QED) is 0.617. The number of unbranched alkanes of at least 4 members (excludes halogenated alkanes) is 1. The standard InChI is InChI=1S/C19H18F3N3O3S/c1-2-3-8-23-15(26)11-24-14-7-9-29-16(14)17(27)25(18(24)28)13-6-4-5-12(10-13)19(20,21)22/h4-7,9-10H,2-3,8,11H2,1H3,(H,23,26). The molecule has 3 rings (SSSR count). The van der Waals surface area contributed by atoms with Gasteiger partial charge in [0.1, 0.15) is 11.2 Å². The number of aromatic nitrogens is 2. The summed E-state index contributed by atoms with van der Waals surface area (Å²) in [7, 11) is 0. The molecule has 0 fully saturated rings. The molecule has 2 aromatic heterocycles. The van der Waals surface area contributed by atoms with Crippen LogP contribution in [0.2, 0.25) is 0 Å². The van der Waals surface area contributed by atoms with Gasteiger partial charge in [0.25, 0.3) is 5.56 Å². The van der Waals surface area contributed by atoms with Crippen molar-refractivity contribution in [2.75, 3.05) is 6.54 Å². The lowest BCUT2D eigenvalue weighted by atomic mass is 10.2. The molecule has 0 unspecified atom stereocenters. The molecular weight excluding hydrogens is 407 g/mol. The van der Waals surface area contributed by atoms with Crippen LogP contribution < -0.4 is 16.6 Å². The fourth-order valence-corrected chi connectivity index (χ4v) is 3.72. The number of thiophene rings is 1. The van der Waals surface area contributed by atoms with E-state index < -0.39 is 28.9 Å². The van der Waals surface area contributed by atoms with E-state index in [0.717, 1.165) is 46.9 Å². The van der Waals surface area contributed by atoms with Crippen molar-refractivity contribution in [3.63, 3.8) is 0 Å². The van der Waals surface area contributed by atoms with Crippen LogP contribution in [0.25, 0.3) is 15.9 Å². The van der Waals surface area contributed by atoms with Gasteiger partial charge in [-0.15, -0.1) is 11.3 Å². The van der Waals surface area contributed by atoms with Crippen molar-refractivity contribution in [2.24, 2.45) is 0 Å². The van der Waals surface area contributed by atoms with E-state index in [2.05, 4.69) is 5.32 Å². The molecule has 10 heteroatoms. The van der Waals surface area contributed by atoms with Crippen LogP contribution in [0.1, 0.15) is 25.3 Å². The van der Waals surface area contributed by atoms with Gasteiger partial charge in [-0.2, -0.15) is 13.2 Å². The third kappa shape index (κ3) is 4.26. The molecule has 3 aromatic rings. The lowest BCUT2D eigenvalue weighted by Crippen LogP contribution is -2.41. The van der Waals surface area contributed by atoms with E-state index in [1.807, 2.05) is 6.92 Å². The monoisotopic (exact) mass is 425 g/mol. The molecule has 0 aliphatic heterocycles. The van der Waals surface area contributed by atoms with Crippen molar-refractivity contribution < 1.29 is 18.0 Å². The Morgan fingerprint density at radius 2 is 1.97 bits per heavy atom. The van der Waals surface area contributed by atoms with Gasteiger partial charge in [0.05, 0.1) is 16.8 Å². The van der Waals surface area contributed by atoms with Crippen LogP contribution in [0.5, 0.6) is 0 Å². The van der Waals surface area contributed by atoms with Gasteiger partial charge < -0.3 is 5.32 Å². The fourth-order valence-electron chi connectivity index (χ4n) is 2.89. The zero-order valence-electron chi connectivity index (χ0n) is 15.5. The Kier molecular flexibility index (Phi) is 5.92. The highest BCUT2D eigenvalue weighted by Gasteiger charge is 2.31. The molecule has 154 valence electrons. The minimum absolute atomic E-state index is 0.184. The first-order valence-electron chi connectivity index (χ1n) is 8.91. The highest BCUT2D eigenvalue weighted by molar-refractivity contribution is 7.17. The van der Waals surface area contributed by atoms with Crippen molar-refractivity contribution in [3.05, 3.63) is 62.1 Å². The van der Waals surface area contributed by atoms with Gasteiger partial charge in [-0.3, -0.25) is 14.2 Å². The highest BCUT2D eigenvalue weighted by Crippen LogP contribution is 2.30. The number of carbonyl (C=O) groups is 1. The highest BCUT2D eigenvalue weighted by atomic mass is 32.1. The van der Waals surface area contributed by atoms with Crippen LogP contribution in [0, 0.1) is 0 Å². The fraction of sp³-hybridized carbons (Fsp3) is 0.316. The summed E-state index contributed by atoms with van der Waals surface area (Å²) in [5.74, 6) is -0.415. The number of nitrogens with zero attached hydrogens (tertiary/aromatic N) is 2. The molecule has 0 spiro atoms. The summed E-state index contributed by atoms with van der Waals surface area (Å²) < 4.78 is 41.2. The van der Waals surface area contributed by atoms with E-state index in [-0.39, 0.29) is 22.4 Å². The summed E-state index contributed by atoms with van der Waals surface area (Å²) >= 11 is 1.06. The SMILES string of the molecule is CCCCNC(=O)Cn1c(=O)n(-c2cccc(C(F)(F)F)c2)c(=O)c2sccc21. The molecule has 1 N–H and O–H groups in total. The van der Waals surface area contributed by atoms with Crippen molar-refractivity contribution in [3.8, 4) is 5.69 Å². The first-order valence-corrected chi connectivity index (χ1v) is 9.79. The van der Waals surface area contributed by atoms with Crippen LogP contribution in [-0.4, -0.2) is 21.6 Å². The molecule has 0 radical (unpaired) electrons. The normalized spacial score (nSPS) is 11.7. The van der Waals surface area contributed by atoms with Crippen LogP contribution in [0.4, 0.5) is 13.2 Å². The van der Waals surface area contributed by atoms with E-state index in [0.29, 0.717) is 11.1 Å². The predicted octanol–water partition coefficient (Wildman–Crippen LogP) is 3.15. The maximum atomic E-state index is 13.1. The summed E-state index contributed by atoms with van der Waals surface area (Å²) in [6.07, 6.45) is -2.96. The number of hydrogen-bond acceptors (Lipinski definition) is 4. The molecule has 0 saturated heterocycles. The van der Waals surface area contributed by atoms with Crippen LogP contribution in [0.3, 0.4) is 0 Å². The van der Waals surface area contributed by atoms with Gasteiger partial charge in [-0.25, -0.2) is 9.36 Å². The molecule has 29 heavy (non-hydrogen) atoms. The van der Waals surface area contributed by atoms with Gasteiger partial charge in [-0.1, -0.05) is 19.4 Å². The zero-order valence-corrected chi connectivity index (χ0v) is 16.3. The van der Waals surface area contributed by atoms with Gasteiger partial charge >= 0.3 is 11.9 Å². The minimum atomic E-state index is -4.62. The topological polar surface area (TPSA) is 73.1 Å². The number of carbonyl (C=O) groups excluding carboxylic acids is 1. The summed E-state index contributed by atoms with van der Waals surface area (Å²) in [6.45, 7) is 2.08. The number of fused-ring (bicyclic) bond motifs is 1. The number of amides is 1. The lowest BCUT2D eigenvalue weighted by Gasteiger charge is -2.14. The molecule has 0 atom stereocenters. The summed E-state index contributed by atoms with van der Waals surface area (Å²) in [4.78, 5) is 38.0. The Morgan fingerprint density at radius 1 is 1.21 bits per heavy atom. The van der Waals surface area contributed by atoms with E-state index in [4.69, 9.17) is 0 Å². The first kappa shape index (κ1) is 20.8. The third-order valence-electron chi connectivity index (χ3n) is 4.34. The Bertz CT molecular complexity index is 1160. The molecular formula is C19H18F3N3O3S. The Morgan fingerprint density at radius 3 is 2.66 bits per heavy atom. The average molecular weight is 425 g/mol. The first-order chi connectivity index (χ1) is 13.7.